The van der Waals surface area contributed by atoms with Crippen molar-refractivity contribution in [2.45, 2.75) is 118 Å². The van der Waals surface area contributed by atoms with Crippen molar-refractivity contribution < 1.29 is 4.79 Å². The summed E-state index contributed by atoms with van der Waals surface area (Å²) in [6.07, 6.45) is 6.09. The van der Waals surface area contributed by atoms with Gasteiger partial charge in [0.05, 0.1) is 12.1 Å². The number of ketones is 1. The molecule has 162 valence electrons. The molecule has 0 aromatic heterocycles. The summed E-state index contributed by atoms with van der Waals surface area (Å²) in [6.45, 7) is 22.9. The van der Waals surface area contributed by atoms with E-state index in [0.29, 0.717) is 24.4 Å². The van der Waals surface area contributed by atoms with E-state index in [1.807, 2.05) is 7.05 Å². The van der Waals surface area contributed by atoms with Gasteiger partial charge in [-0.15, -0.1) is 0 Å². The van der Waals surface area contributed by atoms with E-state index < -0.39 is 5.54 Å². The fourth-order valence-corrected chi connectivity index (χ4v) is 3.85. The molecular formula is C24H50N2O. The lowest BCUT2D eigenvalue weighted by molar-refractivity contribution is -0.127. The molecule has 0 amide bonds. The van der Waals surface area contributed by atoms with Gasteiger partial charge >= 0.3 is 0 Å². The lowest BCUT2D eigenvalue weighted by Gasteiger charge is -2.47. The van der Waals surface area contributed by atoms with Gasteiger partial charge in [-0.3, -0.25) is 15.0 Å². The van der Waals surface area contributed by atoms with Crippen molar-refractivity contribution in [1.29, 1.82) is 0 Å². The van der Waals surface area contributed by atoms with Gasteiger partial charge in [-0.05, 0) is 72.3 Å². The number of nitrogens with zero attached hydrogens (tertiary/aromatic N) is 1. The lowest BCUT2D eigenvalue weighted by atomic mass is 9.71. The summed E-state index contributed by atoms with van der Waals surface area (Å²) in [5, 5.41) is 3.86. The minimum absolute atomic E-state index is 0.0426. The third kappa shape index (κ3) is 8.23. The van der Waals surface area contributed by atoms with Crippen LogP contribution in [0.3, 0.4) is 0 Å². The second kappa shape index (κ2) is 11.6. The minimum Gasteiger partial charge on any atom is -0.300 e. The summed E-state index contributed by atoms with van der Waals surface area (Å²) in [7, 11) is 2.03. The Hall–Kier alpha value is -0.410. The van der Waals surface area contributed by atoms with Crippen LogP contribution in [-0.4, -0.2) is 41.4 Å². The number of likely N-dealkylation sites (N-methyl/N-ethyl adjacent to an activating group) is 1. The van der Waals surface area contributed by atoms with E-state index in [0.717, 1.165) is 5.92 Å². The van der Waals surface area contributed by atoms with E-state index in [-0.39, 0.29) is 11.3 Å². The second-order valence-corrected chi connectivity index (χ2v) is 10.1. The van der Waals surface area contributed by atoms with Crippen molar-refractivity contribution >= 4 is 5.78 Å². The molecule has 0 aromatic rings. The van der Waals surface area contributed by atoms with E-state index in [9.17, 15) is 4.79 Å². The minimum atomic E-state index is -0.523. The van der Waals surface area contributed by atoms with Crippen molar-refractivity contribution in [1.82, 2.24) is 10.2 Å². The van der Waals surface area contributed by atoms with Gasteiger partial charge in [0.25, 0.3) is 0 Å². The summed E-state index contributed by atoms with van der Waals surface area (Å²) in [6, 6.07) is 0.379. The number of rotatable bonds is 14. The predicted molar refractivity (Wildman–Crippen MR) is 120 cm³/mol. The fraction of sp³-hybridized carbons (Fsp3) is 0.958. The first kappa shape index (κ1) is 26.6. The Morgan fingerprint density at radius 3 is 1.89 bits per heavy atom. The molecule has 0 aliphatic heterocycles. The molecule has 0 aliphatic rings. The average Bonchev–Trinajstić information content (AvgIpc) is 2.58. The molecule has 0 spiro atoms. The Morgan fingerprint density at radius 1 is 0.926 bits per heavy atom. The molecule has 1 N–H and O–H groups in total. The number of carbonyl (C=O) groups is 1. The van der Waals surface area contributed by atoms with Gasteiger partial charge in [-0.2, -0.15) is 0 Å². The summed E-state index contributed by atoms with van der Waals surface area (Å²) in [4.78, 5) is 15.2. The molecule has 0 unspecified atom stereocenters. The van der Waals surface area contributed by atoms with Gasteiger partial charge in [0.15, 0.2) is 5.78 Å². The fourth-order valence-electron chi connectivity index (χ4n) is 3.85. The van der Waals surface area contributed by atoms with Gasteiger partial charge in [-0.25, -0.2) is 0 Å². The molecule has 0 aliphatic carbocycles. The molecule has 0 rings (SSSR count). The van der Waals surface area contributed by atoms with Crippen molar-refractivity contribution in [3.63, 3.8) is 0 Å². The Kier molecular flexibility index (Phi) is 11.4. The van der Waals surface area contributed by atoms with Crippen LogP contribution in [0.15, 0.2) is 0 Å². The van der Waals surface area contributed by atoms with E-state index in [4.69, 9.17) is 0 Å². The molecule has 3 heteroatoms. The van der Waals surface area contributed by atoms with Crippen LogP contribution < -0.4 is 5.32 Å². The van der Waals surface area contributed by atoms with Gasteiger partial charge in [-0.1, -0.05) is 53.9 Å². The molecule has 0 bridgehead atoms. The zero-order chi connectivity index (χ0) is 21.4. The highest BCUT2D eigenvalue weighted by Gasteiger charge is 2.42. The third-order valence-corrected chi connectivity index (χ3v) is 7.11. The zero-order valence-electron chi connectivity index (χ0n) is 20.4. The molecule has 0 saturated heterocycles. The van der Waals surface area contributed by atoms with Gasteiger partial charge in [0.2, 0.25) is 0 Å². The van der Waals surface area contributed by atoms with Gasteiger partial charge in [0.1, 0.15) is 0 Å². The Morgan fingerprint density at radius 2 is 1.44 bits per heavy atom. The van der Waals surface area contributed by atoms with Gasteiger partial charge < -0.3 is 0 Å². The molecule has 0 heterocycles. The monoisotopic (exact) mass is 382 g/mol. The quantitative estimate of drug-likeness (QED) is 0.404. The van der Waals surface area contributed by atoms with Crippen LogP contribution in [-0.2, 0) is 4.79 Å². The number of nitrogens with one attached hydrogen (secondary N) is 1. The first-order chi connectivity index (χ1) is 12.3. The summed E-state index contributed by atoms with van der Waals surface area (Å²) >= 11 is 0. The smallest absolute Gasteiger partial charge is 0.166 e. The molecule has 3 nitrogen and oxygen atoms in total. The van der Waals surface area contributed by atoms with Crippen LogP contribution in [0.1, 0.15) is 101 Å². The molecular weight excluding hydrogens is 332 g/mol. The summed E-state index contributed by atoms with van der Waals surface area (Å²) < 4.78 is 0. The summed E-state index contributed by atoms with van der Waals surface area (Å²) in [5.41, 5.74) is -0.566. The SMILES string of the molecule is CCC[C@H](C)[C@@](C)(NC(C)(C)C(=O)CN(C)C(C)C)[C@@H](C)CC[C@@H](C)CC. The molecule has 0 fully saturated rings. The molecule has 0 radical (unpaired) electrons. The lowest BCUT2D eigenvalue weighted by Crippen LogP contribution is -2.64. The Balaban J connectivity index is 5.40. The number of hydrogen-bond donors (Lipinski definition) is 1. The zero-order valence-corrected chi connectivity index (χ0v) is 20.4. The Labute approximate surface area is 171 Å². The van der Waals surface area contributed by atoms with Crippen molar-refractivity contribution in [3.05, 3.63) is 0 Å². The van der Waals surface area contributed by atoms with Crippen LogP contribution in [0, 0.1) is 17.8 Å². The maximum atomic E-state index is 13.1. The summed E-state index contributed by atoms with van der Waals surface area (Å²) in [5.74, 6) is 2.11. The second-order valence-electron chi connectivity index (χ2n) is 10.1. The van der Waals surface area contributed by atoms with Crippen LogP contribution >= 0.6 is 0 Å². The van der Waals surface area contributed by atoms with Crippen LogP contribution in [0.5, 0.6) is 0 Å². The van der Waals surface area contributed by atoms with E-state index in [1.165, 1.54) is 32.1 Å². The van der Waals surface area contributed by atoms with Gasteiger partial charge in [0, 0.05) is 11.6 Å². The normalized spacial score (nSPS) is 18.4. The van der Waals surface area contributed by atoms with E-state index >= 15 is 0 Å². The highest BCUT2D eigenvalue weighted by Crippen LogP contribution is 2.35. The number of carbonyl (C=O) groups excluding carboxylic acids is 1. The van der Waals surface area contributed by atoms with Crippen molar-refractivity contribution in [2.24, 2.45) is 17.8 Å². The van der Waals surface area contributed by atoms with E-state index in [2.05, 4.69) is 79.5 Å². The maximum absolute atomic E-state index is 13.1. The van der Waals surface area contributed by atoms with Crippen LogP contribution in [0.4, 0.5) is 0 Å². The van der Waals surface area contributed by atoms with Crippen LogP contribution in [0.2, 0.25) is 0 Å². The highest BCUT2D eigenvalue weighted by atomic mass is 16.1. The van der Waals surface area contributed by atoms with Crippen molar-refractivity contribution in [3.8, 4) is 0 Å². The molecule has 4 atom stereocenters. The molecule has 27 heavy (non-hydrogen) atoms. The topological polar surface area (TPSA) is 32.3 Å². The molecule has 0 saturated carbocycles. The third-order valence-electron chi connectivity index (χ3n) is 7.11. The van der Waals surface area contributed by atoms with Crippen molar-refractivity contribution in [2.75, 3.05) is 13.6 Å². The standard InChI is InChI=1S/C24H50N2O/c1-12-14-20(6)24(10,21(7)16-15-19(5)13-2)25-23(8,9)22(27)17-26(11)18(3)4/h18-21,25H,12-17H2,1-11H3/t19-,20-,21-,24+/m0/s1. The highest BCUT2D eigenvalue weighted by molar-refractivity contribution is 5.89. The Bertz CT molecular complexity index is 432. The van der Waals surface area contributed by atoms with Crippen LogP contribution in [0.25, 0.3) is 0 Å². The van der Waals surface area contributed by atoms with E-state index in [1.54, 1.807) is 0 Å². The first-order valence-corrected chi connectivity index (χ1v) is 11.3. The number of Topliss-reactive ketones (excluding diaryl/α,β-unsaturated/α-hetero) is 1. The maximum Gasteiger partial charge on any atom is 0.166 e. The number of hydrogen-bond acceptors (Lipinski definition) is 3. The first-order valence-electron chi connectivity index (χ1n) is 11.3. The largest absolute Gasteiger partial charge is 0.300 e. The molecule has 0 aromatic carbocycles. The predicted octanol–water partition coefficient (Wildman–Crippen LogP) is 5.92. The average molecular weight is 383 g/mol.